The second-order valence-electron chi connectivity index (χ2n) is 5.67. The number of carbonyl (C=O) groups excluding carboxylic acids is 1. The van der Waals surface area contributed by atoms with Gasteiger partial charge in [0.05, 0.1) is 12.0 Å². The molecule has 0 bridgehead atoms. The predicted octanol–water partition coefficient (Wildman–Crippen LogP) is 2.86. The van der Waals surface area contributed by atoms with Crippen molar-refractivity contribution < 1.29 is 26.9 Å². The van der Waals surface area contributed by atoms with E-state index in [4.69, 9.17) is 14.2 Å². The summed E-state index contributed by atoms with van der Waals surface area (Å²) in [4.78, 5) is 11.5. The Morgan fingerprint density at radius 3 is 2.29 bits per heavy atom. The van der Waals surface area contributed by atoms with Crippen molar-refractivity contribution in [3.8, 4) is 11.8 Å². The Bertz CT molecular complexity index is 986. The molecule has 0 unspecified atom stereocenters. The van der Waals surface area contributed by atoms with Crippen LogP contribution in [-0.4, -0.2) is 34.7 Å². The Kier molecular flexibility index (Phi) is 7.32. The van der Waals surface area contributed by atoms with E-state index in [1.54, 1.807) is 42.5 Å². The fraction of sp³-hybridized carbons (Fsp3) is 0.200. The fourth-order valence-corrected chi connectivity index (χ4v) is 3.04. The molecule has 0 aliphatic carbocycles. The molecule has 0 aliphatic rings. The highest BCUT2D eigenvalue weighted by Gasteiger charge is 2.14. The van der Waals surface area contributed by atoms with E-state index in [0.29, 0.717) is 11.3 Å². The fourth-order valence-electron chi connectivity index (χ4n) is 2.15. The van der Waals surface area contributed by atoms with E-state index in [9.17, 15) is 13.2 Å². The molecule has 2 aromatic carbocycles. The molecule has 28 heavy (non-hydrogen) atoms. The van der Waals surface area contributed by atoms with E-state index in [0.717, 1.165) is 5.56 Å². The quantitative estimate of drug-likeness (QED) is 0.220. The Balaban J connectivity index is 1.88. The van der Waals surface area contributed by atoms with Crippen LogP contribution in [0.15, 0.2) is 59.0 Å². The van der Waals surface area contributed by atoms with E-state index >= 15 is 0 Å². The normalized spacial score (nSPS) is 11.5. The second kappa shape index (κ2) is 9.69. The molecule has 0 spiro atoms. The van der Waals surface area contributed by atoms with Crippen molar-refractivity contribution in [2.24, 2.45) is 0 Å². The predicted molar refractivity (Wildman–Crippen MR) is 102 cm³/mol. The molecule has 0 saturated heterocycles. The second-order valence-corrected chi connectivity index (χ2v) is 7.28. The van der Waals surface area contributed by atoms with E-state index in [2.05, 4.69) is 4.74 Å². The lowest BCUT2D eigenvalue weighted by Gasteiger charge is -2.08. The minimum atomic E-state index is -3.83. The summed E-state index contributed by atoms with van der Waals surface area (Å²) in [5.74, 6) is -0.222. The van der Waals surface area contributed by atoms with E-state index in [1.807, 2.05) is 6.92 Å². The van der Waals surface area contributed by atoms with Crippen LogP contribution < -0.4 is 4.74 Å². The molecule has 2 aromatic rings. The molecule has 146 valence electrons. The zero-order valence-corrected chi connectivity index (χ0v) is 16.2. The van der Waals surface area contributed by atoms with E-state index in [1.165, 1.54) is 25.3 Å². The average molecular weight is 401 g/mol. The molecular formula is C20H19NO6S. The van der Waals surface area contributed by atoms with Gasteiger partial charge in [-0.1, -0.05) is 29.8 Å². The standard InChI is InChI=1S/C20H19NO6S/c1-15-3-9-19(10-4-15)28(23,24)27-12-11-26-18-7-5-16(6-8-18)13-17(14-21)20(22)25-2/h3-10,13H,11-12H2,1-2H3. The summed E-state index contributed by atoms with van der Waals surface area (Å²) in [5, 5.41) is 8.94. The van der Waals surface area contributed by atoms with Gasteiger partial charge in [-0.3, -0.25) is 4.18 Å². The topological polar surface area (TPSA) is 103 Å². The Hall–Kier alpha value is -3.15. The first kappa shape index (κ1) is 21.2. The van der Waals surface area contributed by atoms with Gasteiger partial charge in [0.25, 0.3) is 10.1 Å². The first-order valence-electron chi connectivity index (χ1n) is 8.25. The summed E-state index contributed by atoms with van der Waals surface area (Å²) in [6.45, 7) is 1.76. The van der Waals surface area contributed by atoms with Crippen LogP contribution in [0.1, 0.15) is 11.1 Å². The van der Waals surface area contributed by atoms with Gasteiger partial charge in [0.1, 0.15) is 30.6 Å². The van der Waals surface area contributed by atoms with Gasteiger partial charge in [0.2, 0.25) is 0 Å². The lowest BCUT2D eigenvalue weighted by molar-refractivity contribution is -0.135. The maximum absolute atomic E-state index is 12.1. The van der Waals surface area contributed by atoms with Crippen molar-refractivity contribution in [3.05, 3.63) is 65.2 Å². The largest absolute Gasteiger partial charge is 0.491 e. The van der Waals surface area contributed by atoms with Gasteiger partial charge >= 0.3 is 5.97 Å². The number of aryl methyl sites for hydroxylation is 1. The van der Waals surface area contributed by atoms with Crippen molar-refractivity contribution in [1.29, 1.82) is 5.26 Å². The Morgan fingerprint density at radius 2 is 1.71 bits per heavy atom. The highest BCUT2D eigenvalue weighted by Crippen LogP contribution is 2.16. The smallest absolute Gasteiger partial charge is 0.348 e. The van der Waals surface area contributed by atoms with Crippen LogP contribution in [0.2, 0.25) is 0 Å². The van der Waals surface area contributed by atoms with Crippen molar-refractivity contribution in [3.63, 3.8) is 0 Å². The van der Waals surface area contributed by atoms with Crippen LogP contribution in [0, 0.1) is 18.3 Å². The van der Waals surface area contributed by atoms with Crippen molar-refractivity contribution in [2.75, 3.05) is 20.3 Å². The molecule has 0 amide bonds. The summed E-state index contributed by atoms with van der Waals surface area (Å²) in [6, 6.07) is 14.7. The van der Waals surface area contributed by atoms with Crippen LogP contribution in [0.3, 0.4) is 0 Å². The number of carbonyl (C=O) groups is 1. The maximum atomic E-state index is 12.1. The van der Waals surface area contributed by atoms with Gasteiger partial charge in [0.15, 0.2) is 0 Å². The van der Waals surface area contributed by atoms with Gasteiger partial charge < -0.3 is 9.47 Å². The number of nitriles is 1. The van der Waals surface area contributed by atoms with Crippen LogP contribution >= 0.6 is 0 Å². The number of methoxy groups -OCH3 is 1. The minimum Gasteiger partial charge on any atom is -0.491 e. The molecule has 0 N–H and O–H groups in total. The minimum absolute atomic E-state index is 0.0336. The Morgan fingerprint density at radius 1 is 1.07 bits per heavy atom. The summed E-state index contributed by atoms with van der Waals surface area (Å²) >= 11 is 0. The van der Waals surface area contributed by atoms with E-state index in [-0.39, 0.29) is 23.7 Å². The van der Waals surface area contributed by atoms with Gasteiger partial charge in [-0.2, -0.15) is 13.7 Å². The third-order valence-corrected chi connectivity index (χ3v) is 4.94. The molecule has 2 rings (SSSR count). The SMILES string of the molecule is COC(=O)C(C#N)=Cc1ccc(OCCOS(=O)(=O)c2ccc(C)cc2)cc1. The maximum Gasteiger partial charge on any atom is 0.348 e. The third kappa shape index (κ3) is 5.94. The number of nitrogens with zero attached hydrogens (tertiary/aromatic N) is 1. The molecule has 0 aromatic heterocycles. The van der Waals surface area contributed by atoms with Gasteiger partial charge in [-0.15, -0.1) is 0 Å². The van der Waals surface area contributed by atoms with Crippen molar-refractivity contribution in [2.45, 2.75) is 11.8 Å². The molecule has 0 radical (unpaired) electrons. The summed E-state index contributed by atoms with van der Waals surface area (Å²) < 4.78 is 39.0. The van der Waals surface area contributed by atoms with Crippen molar-refractivity contribution in [1.82, 2.24) is 0 Å². The van der Waals surface area contributed by atoms with Crippen LogP contribution in [0.4, 0.5) is 0 Å². The van der Waals surface area contributed by atoms with Crippen molar-refractivity contribution >= 4 is 22.2 Å². The molecule has 0 aliphatic heterocycles. The number of ether oxygens (including phenoxy) is 2. The zero-order valence-electron chi connectivity index (χ0n) is 15.4. The zero-order chi connectivity index (χ0) is 20.6. The Labute approximate surface area is 163 Å². The molecular weight excluding hydrogens is 382 g/mol. The summed E-state index contributed by atoms with van der Waals surface area (Å²) in [7, 11) is -2.63. The number of hydrogen-bond donors (Lipinski definition) is 0. The summed E-state index contributed by atoms with van der Waals surface area (Å²) in [5.41, 5.74) is 1.45. The molecule has 0 heterocycles. The van der Waals surface area contributed by atoms with Crippen LogP contribution in [0.25, 0.3) is 6.08 Å². The van der Waals surface area contributed by atoms with Crippen LogP contribution in [0.5, 0.6) is 5.75 Å². The lowest BCUT2D eigenvalue weighted by Crippen LogP contribution is -2.13. The average Bonchev–Trinajstić information content (AvgIpc) is 2.70. The third-order valence-electron chi connectivity index (χ3n) is 3.62. The molecule has 7 nitrogen and oxygen atoms in total. The van der Waals surface area contributed by atoms with Gasteiger partial charge in [-0.05, 0) is 42.8 Å². The lowest BCUT2D eigenvalue weighted by atomic mass is 10.1. The highest BCUT2D eigenvalue weighted by atomic mass is 32.2. The van der Waals surface area contributed by atoms with Gasteiger partial charge in [-0.25, -0.2) is 4.79 Å². The van der Waals surface area contributed by atoms with Gasteiger partial charge in [0, 0.05) is 0 Å². The first-order valence-corrected chi connectivity index (χ1v) is 9.65. The molecule has 0 saturated carbocycles. The molecule has 0 fully saturated rings. The first-order chi connectivity index (χ1) is 13.4. The van der Waals surface area contributed by atoms with E-state index < -0.39 is 16.1 Å². The molecule has 8 heteroatoms. The number of hydrogen-bond acceptors (Lipinski definition) is 7. The molecule has 0 atom stereocenters. The summed E-state index contributed by atoms with van der Waals surface area (Å²) in [6.07, 6.45) is 1.40. The number of rotatable bonds is 8. The number of esters is 1. The highest BCUT2D eigenvalue weighted by molar-refractivity contribution is 7.86. The number of benzene rings is 2. The monoisotopic (exact) mass is 401 g/mol. The van der Waals surface area contributed by atoms with Crippen LogP contribution in [-0.2, 0) is 23.8 Å².